The van der Waals surface area contributed by atoms with E-state index < -0.39 is 5.82 Å². The summed E-state index contributed by atoms with van der Waals surface area (Å²) in [5.74, 6) is -0.361. The van der Waals surface area contributed by atoms with Gasteiger partial charge in [-0.15, -0.1) is 0 Å². The van der Waals surface area contributed by atoms with Crippen LogP contribution in [0.15, 0.2) is 22.7 Å². The number of piperidine rings is 1. The molecule has 1 atom stereocenters. The highest BCUT2D eigenvalue weighted by atomic mass is 79.9. The Labute approximate surface area is 120 Å². The van der Waals surface area contributed by atoms with E-state index in [-0.39, 0.29) is 11.5 Å². The lowest BCUT2D eigenvalue weighted by Crippen LogP contribution is -2.41. The van der Waals surface area contributed by atoms with Crippen molar-refractivity contribution in [3.8, 4) is 0 Å². The summed E-state index contributed by atoms with van der Waals surface area (Å²) >= 11 is 3.27. The molecular formula is C14H17BrFNO2. The molecule has 0 radical (unpaired) electrons. The average molecular weight is 330 g/mol. The molecule has 1 fully saturated rings. The first-order chi connectivity index (χ1) is 9.11. The summed E-state index contributed by atoms with van der Waals surface area (Å²) in [4.78, 5) is 14.1. The Morgan fingerprint density at radius 2 is 2.37 bits per heavy atom. The van der Waals surface area contributed by atoms with Gasteiger partial charge in [0.2, 0.25) is 0 Å². The third-order valence-electron chi connectivity index (χ3n) is 3.37. The number of amides is 1. The molecule has 0 aromatic heterocycles. The van der Waals surface area contributed by atoms with Crippen molar-refractivity contribution in [1.82, 2.24) is 4.90 Å². The quantitative estimate of drug-likeness (QED) is 0.852. The van der Waals surface area contributed by atoms with E-state index in [1.807, 2.05) is 0 Å². The predicted octanol–water partition coefficient (Wildman–Crippen LogP) is 3.09. The van der Waals surface area contributed by atoms with Gasteiger partial charge in [-0.3, -0.25) is 4.79 Å². The van der Waals surface area contributed by atoms with Crippen LogP contribution < -0.4 is 0 Å². The standard InChI is InChI=1S/C14H17BrFNO2/c1-19-9-10-3-2-6-17(8-10)14(18)12-7-11(15)4-5-13(12)16/h4-5,7,10H,2-3,6,8-9H2,1H3. The molecule has 0 aliphatic carbocycles. The van der Waals surface area contributed by atoms with Crippen molar-refractivity contribution in [3.05, 3.63) is 34.1 Å². The van der Waals surface area contributed by atoms with E-state index in [0.717, 1.165) is 12.8 Å². The van der Waals surface area contributed by atoms with Gasteiger partial charge < -0.3 is 9.64 Å². The van der Waals surface area contributed by atoms with Crippen molar-refractivity contribution in [2.75, 3.05) is 26.8 Å². The summed E-state index contributed by atoms with van der Waals surface area (Å²) in [5, 5.41) is 0. The molecule has 0 saturated carbocycles. The fourth-order valence-corrected chi connectivity index (χ4v) is 2.81. The van der Waals surface area contributed by atoms with Crippen LogP contribution in [0, 0.1) is 11.7 Å². The highest BCUT2D eigenvalue weighted by Crippen LogP contribution is 2.22. The molecule has 0 bridgehead atoms. The number of hydrogen-bond acceptors (Lipinski definition) is 2. The fourth-order valence-electron chi connectivity index (χ4n) is 2.45. The first-order valence-electron chi connectivity index (χ1n) is 6.35. The first-order valence-corrected chi connectivity index (χ1v) is 7.14. The van der Waals surface area contributed by atoms with Crippen LogP contribution in [0.5, 0.6) is 0 Å². The third-order valence-corrected chi connectivity index (χ3v) is 3.86. The van der Waals surface area contributed by atoms with Crippen LogP contribution in [0.1, 0.15) is 23.2 Å². The highest BCUT2D eigenvalue weighted by Gasteiger charge is 2.26. The number of benzene rings is 1. The number of carbonyl (C=O) groups is 1. The zero-order valence-electron chi connectivity index (χ0n) is 10.9. The Bertz CT molecular complexity index is 465. The molecule has 19 heavy (non-hydrogen) atoms. The molecule has 1 aliphatic rings. The maximum atomic E-state index is 13.7. The molecule has 1 aromatic carbocycles. The molecule has 1 heterocycles. The van der Waals surface area contributed by atoms with Crippen molar-refractivity contribution in [3.63, 3.8) is 0 Å². The fraction of sp³-hybridized carbons (Fsp3) is 0.500. The number of carbonyl (C=O) groups excluding carboxylic acids is 1. The topological polar surface area (TPSA) is 29.5 Å². The van der Waals surface area contributed by atoms with Gasteiger partial charge in [-0.1, -0.05) is 15.9 Å². The molecular weight excluding hydrogens is 313 g/mol. The smallest absolute Gasteiger partial charge is 0.256 e. The maximum absolute atomic E-state index is 13.7. The zero-order chi connectivity index (χ0) is 13.8. The summed E-state index contributed by atoms with van der Waals surface area (Å²) in [6, 6.07) is 4.45. The second-order valence-electron chi connectivity index (χ2n) is 4.84. The van der Waals surface area contributed by atoms with Gasteiger partial charge in [-0.05, 0) is 37.0 Å². The Kier molecular flexibility index (Phi) is 4.93. The van der Waals surface area contributed by atoms with E-state index in [0.29, 0.717) is 30.1 Å². The minimum Gasteiger partial charge on any atom is -0.384 e. The van der Waals surface area contributed by atoms with Crippen LogP contribution >= 0.6 is 15.9 Å². The van der Waals surface area contributed by atoms with Gasteiger partial charge in [-0.25, -0.2) is 4.39 Å². The lowest BCUT2D eigenvalue weighted by molar-refractivity contribution is 0.0567. The normalized spacial score (nSPS) is 19.5. The number of likely N-dealkylation sites (tertiary alicyclic amines) is 1. The van der Waals surface area contributed by atoms with Crippen LogP contribution in [0.2, 0.25) is 0 Å². The number of nitrogens with zero attached hydrogens (tertiary/aromatic N) is 1. The predicted molar refractivity (Wildman–Crippen MR) is 74.6 cm³/mol. The number of halogens is 2. The van der Waals surface area contributed by atoms with E-state index in [2.05, 4.69) is 15.9 Å². The van der Waals surface area contributed by atoms with Gasteiger partial charge in [0.1, 0.15) is 5.82 Å². The molecule has 0 spiro atoms. The third kappa shape index (κ3) is 3.54. The largest absolute Gasteiger partial charge is 0.384 e. The van der Waals surface area contributed by atoms with Gasteiger partial charge >= 0.3 is 0 Å². The molecule has 104 valence electrons. The van der Waals surface area contributed by atoms with Crippen LogP contribution in [0.4, 0.5) is 4.39 Å². The summed E-state index contributed by atoms with van der Waals surface area (Å²) in [6.07, 6.45) is 1.99. The highest BCUT2D eigenvalue weighted by molar-refractivity contribution is 9.10. The van der Waals surface area contributed by atoms with Gasteiger partial charge in [0, 0.05) is 24.7 Å². The van der Waals surface area contributed by atoms with Crippen molar-refractivity contribution < 1.29 is 13.9 Å². The van der Waals surface area contributed by atoms with Crippen LogP contribution in [0.3, 0.4) is 0 Å². The Morgan fingerprint density at radius 1 is 1.58 bits per heavy atom. The van der Waals surface area contributed by atoms with Crippen molar-refractivity contribution in [1.29, 1.82) is 0 Å². The second kappa shape index (κ2) is 6.48. The summed E-state index contributed by atoms with van der Waals surface area (Å²) in [6.45, 7) is 1.97. The number of rotatable bonds is 3. The Morgan fingerprint density at radius 3 is 3.11 bits per heavy atom. The van der Waals surface area contributed by atoms with E-state index in [9.17, 15) is 9.18 Å². The molecule has 1 amide bonds. The molecule has 1 aromatic rings. The molecule has 3 nitrogen and oxygen atoms in total. The van der Waals surface area contributed by atoms with E-state index >= 15 is 0 Å². The summed E-state index contributed by atoms with van der Waals surface area (Å²) in [5.41, 5.74) is 0.132. The molecule has 1 aliphatic heterocycles. The molecule has 1 unspecified atom stereocenters. The number of methoxy groups -OCH3 is 1. The lowest BCUT2D eigenvalue weighted by Gasteiger charge is -2.32. The van der Waals surface area contributed by atoms with Crippen molar-refractivity contribution in [2.24, 2.45) is 5.92 Å². The average Bonchev–Trinajstić information content (AvgIpc) is 2.41. The lowest BCUT2D eigenvalue weighted by atomic mass is 9.98. The number of hydrogen-bond donors (Lipinski definition) is 0. The van der Waals surface area contributed by atoms with Gasteiger partial charge in [0.25, 0.3) is 5.91 Å². The van der Waals surface area contributed by atoms with Gasteiger partial charge in [0.05, 0.1) is 12.2 Å². The van der Waals surface area contributed by atoms with E-state index in [1.165, 1.54) is 12.1 Å². The maximum Gasteiger partial charge on any atom is 0.256 e. The van der Waals surface area contributed by atoms with E-state index in [1.54, 1.807) is 18.1 Å². The molecule has 2 rings (SSSR count). The molecule has 0 N–H and O–H groups in total. The van der Waals surface area contributed by atoms with Gasteiger partial charge in [0.15, 0.2) is 0 Å². The first kappa shape index (κ1) is 14.5. The SMILES string of the molecule is COCC1CCCN(C(=O)c2cc(Br)ccc2F)C1. The van der Waals surface area contributed by atoms with E-state index in [4.69, 9.17) is 4.74 Å². The Balaban J connectivity index is 2.12. The van der Waals surface area contributed by atoms with Crippen LogP contribution in [-0.4, -0.2) is 37.6 Å². The van der Waals surface area contributed by atoms with Crippen molar-refractivity contribution >= 4 is 21.8 Å². The zero-order valence-corrected chi connectivity index (χ0v) is 12.5. The second-order valence-corrected chi connectivity index (χ2v) is 5.75. The van der Waals surface area contributed by atoms with Crippen molar-refractivity contribution in [2.45, 2.75) is 12.8 Å². The Hall–Kier alpha value is -0.940. The van der Waals surface area contributed by atoms with Crippen LogP contribution in [0.25, 0.3) is 0 Å². The summed E-state index contributed by atoms with van der Waals surface area (Å²) < 4.78 is 19.6. The molecule has 5 heteroatoms. The minimum absolute atomic E-state index is 0.132. The summed E-state index contributed by atoms with van der Waals surface area (Å²) in [7, 11) is 1.66. The van der Waals surface area contributed by atoms with Gasteiger partial charge in [-0.2, -0.15) is 0 Å². The van der Waals surface area contributed by atoms with Crippen LogP contribution in [-0.2, 0) is 4.74 Å². The number of ether oxygens (including phenoxy) is 1. The minimum atomic E-state index is -0.470. The molecule has 1 saturated heterocycles. The monoisotopic (exact) mass is 329 g/mol.